The number of hydrogen-bond acceptors (Lipinski definition) is 6. The Morgan fingerprint density at radius 1 is 1.15 bits per heavy atom. The second kappa shape index (κ2) is 8.85. The number of anilines is 1. The van der Waals surface area contributed by atoms with E-state index in [-0.39, 0.29) is 11.5 Å². The third kappa shape index (κ3) is 4.38. The molecule has 176 valence electrons. The Morgan fingerprint density at radius 3 is 2.64 bits per heavy atom. The first kappa shape index (κ1) is 22.0. The summed E-state index contributed by atoms with van der Waals surface area (Å²) in [5, 5.41) is 0. The summed E-state index contributed by atoms with van der Waals surface area (Å²) in [6, 6.07) is 4.85. The molecule has 7 nitrogen and oxygen atoms in total. The van der Waals surface area contributed by atoms with E-state index in [4.69, 9.17) is 4.74 Å². The average molecular weight is 458 g/mol. The molecule has 0 bridgehead atoms. The van der Waals surface area contributed by atoms with Crippen LogP contribution in [0.1, 0.15) is 26.2 Å². The fraction of sp³-hybridized carbons (Fsp3) is 0.542. The molecule has 2 aromatic rings. The molecule has 0 radical (unpaired) electrons. The van der Waals surface area contributed by atoms with Crippen LogP contribution in [0.2, 0.25) is 0 Å². The van der Waals surface area contributed by atoms with Crippen molar-refractivity contribution in [1.82, 2.24) is 19.8 Å². The summed E-state index contributed by atoms with van der Waals surface area (Å²) in [5.41, 5.74) is 1.52. The molecule has 5 rings (SSSR count). The second-order valence-corrected chi connectivity index (χ2v) is 9.37. The Bertz CT molecular complexity index is 1000. The van der Waals surface area contributed by atoms with Crippen LogP contribution in [0.5, 0.6) is 0 Å². The highest BCUT2D eigenvalue weighted by molar-refractivity contribution is 5.75. The molecule has 9 heteroatoms. The van der Waals surface area contributed by atoms with Crippen molar-refractivity contribution in [1.29, 1.82) is 0 Å². The number of carbonyl (C=O) groups excluding carboxylic acids is 1. The van der Waals surface area contributed by atoms with Crippen molar-refractivity contribution in [3.05, 3.63) is 42.4 Å². The Labute approximate surface area is 192 Å². The molecule has 4 heterocycles. The predicted molar refractivity (Wildman–Crippen MR) is 120 cm³/mol. The number of aromatic nitrogens is 2. The molecule has 2 aliphatic heterocycles. The van der Waals surface area contributed by atoms with E-state index in [0.717, 1.165) is 58.5 Å². The SMILES string of the molecule is CCOC(=O)N1CC2(CC[C@@H](N3CCN(c4ncc(F)cc4-c4ccc(F)nc4)CC3)C2)C1. The Balaban J connectivity index is 1.20. The van der Waals surface area contributed by atoms with Gasteiger partial charge in [0.05, 0.1) is 12.8 Å². The van der Waals surface area contributed by atoms with Gasteiger partial charge in [-0.3, -0.25) is 4.90 Å². The zero-order chi connectivity index (χ0) is 23.0. The van der Waals surface area contributed by atoms with Crippen molar-refractivity contribution in [2.24, 2.45) is 5.41 Å². The van der Waals surface area contributed by atoms with Crippen LogP contribution in [-0.2, 0) is 4.74 Å². The molecular formula is C24H29F2N5O2. The normalized spacial score (nSPS) is 22.5. The van der Waals surface area contributed by atoms with E-state index < -0.39 is 11.8 Å². The van der Waals surface area contributed by atoms with Gasteiger partial charge in [0.25, 0.3) is 0 Å². The van der Waals surface area contributed by atoms with Crippen molar-refractivity contribution in [2.75, 3.05) is 50.8 Å². The van der Waals surface area contributed by atoms with Gasteiger partial charge in [0.15, 0.2) is 0 Å². The summed E-state index contributed by atoms with van der Waals surface area (Å²) in [6.07, 6.45) is 5.87. The van der Waals surface area contributed by atoms with Gasteiger partial charge in [0, 0.05) is 68.0 Å². The van der Waals surface area contributed by atoms with Crippen LogP contribution in [0, 0.1) is 17.2 Å². The zero-order valence-corrected chi connectivity index (χ0v) is 18.8. The van der Waals surface area contributed by atoms with E-state index in [9.17, 15) is 13.6 Å². The molecule has 0 unspecified atom stereocenters. The van der Waals surface area contributed by atoms with Crippen LogP contribution in [0.4, 0.5) is 19.4 Å². The van der Waals surface area contributed by atoms with Gasteiger partial charge in [-0.1, -0.05) is 0 Å². The van der Waals surface area contributed by atoms with Crippen LogP contribution in [0.15, 0.2) is 30.6 Å². The Morgan fingerprint density at radius 2 is 1.94 bits per heavy atom. The van der Waals surface area contributed by atoms with E-state index in [1.54, 1.807) is 6.07 Å². The molecule has 1 aliphatic carbocycles. The van der Waals surface area contributed by atoms with Gasteiger partial charge in [-0.25, -0.2) is 19.2 Å². The number of halogens is 2. The molecule has 0 N–H and O–H groups in total. The maximum atomic E-state index is 14.0. The molecule has 2 aromatic heterocycles. The van der Waals surface area contributed by atoms with E-state index in [0.29, 0.717) is 29.6 Å². The maximum absolute atomic E-state index is 14.0. The van der Waals surface area contributed by atoms with Crippen molar-refractivity contribution in [3.8, 4) is 11.1 Å². The molecule has 1 spiro atoms. The molecule has 0 aromatic carbocycles. The average Bonchev–Trinajstić information content (AvgIpc) is 3.25. The monoisotopic (exact) mass is 457 g/mol. The number of ether oxygens (including phenoxy) is 1. The second-order valence-electron chi connectivity index (χ2n) is 9.37. The van der Waals surface area contributed by atoms with Crippen molar-refractivity contribution >= 4 is 11.9 Å². The molecule has 2 saturated heterocycles. The fourth-order valence-corrected chi connectivity index (χ4v) is 5.61. The number of likely N-dealkylation sites (tertiary alicyclic amines) is 1. The first-order chi connectivity index (χ1) is 16.0. The summed E-state index contributed by atoms with van der Waals surface area (Å²) < 4.78 is 32.3. The van der Waals surface area contributed by atoms with E-state index in [1.165, 1.54) is 24.5 Å². The van der Waals surface area contributed by atoms with Gasteiger partial charge in [-0.05, 0) is 44.4 Å². The highest BCUT2D eigenvalue weighted by Gasteiger charge is 2.51. The topological polar surface area (TPSA) is 61.8 Å². The number of rotatable bonds is 4. The van der Waals surface area contributed by atoms with Crippen molar-refractivity contribution in [2.45, 2.75) is 32.2 Å². The number of pyridine rings is 2. The van der Waals surface area contributed by atoms with Gasteiger partial charge in [-0.15, -0.1) is 0 Å². The summed E-state index contributed by atoms with van der Waals surface area (Å²) in [4.78, 5) is 26.5. The zero-order valence-electron chi connectivity index (χ0n) is 18.8. The van der Waals surface area contributed by atoms with Crippen molar-refractivity contribution < 1.29 is 18.3 Å². The lowest BCUT2D eigenvalue weighted by Crippen LogP contribution is -2.58. The van der Waals surface area contributed by atoms with E-state index in [1.807, 2.05) is 11.8 Å². The van der Waals surface area contributed by atoms with Gasteiger partial charge in [0.1, 0.15) is 11.6 Å². The molecule has 33 heavy (non-hydrogen) atoms. The lowest BCUT2D eigenvalue weighted by Gasteiger charge is -2.48. The summed E-state index contributed by atoms with van der Waals surface area (Å²) in [6.45, 7) is 7.24. The lowest BCUT2D eigenvalue weighted by molar-refractivity contribution is -0.00294. The number of piperazine rings is 1. The molecule has 3 aliphatic rings. The number of carbonyl (C=O) groups is 1. The minimum Gasteiger partial charge on any atom is -0.450 e. The van der Waals surface area contributed by atoms with Crippen molar-refractivity contribution in [3.63, 3.8) is 0 Å². The first-order valence-corrected chi connectivity index (χ1v) is 11.6. The predicted octanol–water partition coefficient (Wildman–Crippen LogP) is 3.55. The Kier molecular flexibility index (Phi) is 5.90. The van der Waals surface area contributed by atoms with E-state index >= 15 is 0 Å². The highest BCUT2D eigenvalue weighted by atomic mass is 19.1. The van der Waals surface area contributed by atoms with Crippen LogP contribution >= 0.6 is 0 Å². The van der Waals surface area contributed by atoms with Crippen LogP contribution in [0.3, 0.4) is 0 Å². The number of hydrogen-bond donors (Lipinski definition) is 0. The number of nitrogens with zero attached hydrogens (tertiary/aromatic N) is 5. The van der Waals surface area contributed by atoms with Gasteiger partial charge >= 0.3 is 6.09 Å². The summed E-state index contributed by atoms with van der Waals surface area (Å²) in [7, 11) is 0. The molecule has 3 fully saturated rings. The fourth-order valence-electron chi connectivity index (χ4n) is 5.61. The minimum atomic E-state index is -0.565. The van der Waals surface area contributed by atoms with Crippen LogP contribution in [-0.4, -0.2) is 77.8 Å². The first-order valence-electron chi connectivity index (χ1n) is 11.6. The van der Waals surface area contributed by atoms with Gasteiger partial charge in [0.2, 0.25) is 5.95 Å². The maximum Gasteiger partial charge on any atom is 0.409 e. The Hall–Kier alpha value is -2.81. The van der Waals surface area contributed by atoms with Crippen LogP contribution in [0.25, 0.3) is 11.1 Å². The standard InChI is InChI=1S/C24H29F2N5O2/c1-2-33-23(32)31-15-24(16-31)6-5-19(12-24)29-7-9-30(10-8-29)22-20(11-18(25)14-28-22)17-3-4-21(26)27-13-17/h3-4,11,13-14,19H,2,5-10,12,15-16H2,1H3/t19-/m1/s1. The summed E-state index contributed by atoms with van der Waals surface area (Å²) in [5.74, 6) is -0.286. The third-order valence-electron chi connectivity index (χ3n) is 7.26. The molecule has 1 saturated carbocycles. The number of amides is 1. The highest BCUT2D eigenvalue weighted by Crippen LogP contribution is 2.47. The van der Waals surface area contributed by atoms with Gasteiger partial charge in [-0.2, -0.15) is 4.39 Å². The smallest absolute Gasteiger partial charge is 0.409 e. The van der Waals surface area contributed by atoms with Gasteiger partial charge < -0.3 is 14.5 Å². The largest absolute Gasteiger partial charge is 0.450 e. The minimum absolute atomic E-state index is 0.195. The van der Waals surface area contributed by atoms with E-state index in [2.05, 4.69) is 19.8 Å². The molecular weight excluding hydrogens is 428 g/mol. The molecule has 1 atom stereocenters. The van der Waals surface area contributed by atoms with Crippen LogP contribution < -0.4 is 4.90 Å². The quantitative estimate of drug-likeness (QED) is 0.655. The molecule has 1 amide bonds. The summed E-state index contributed by atoms with van der Waals surface area (Å²) >= 11 is 0. The third-order valence-corrected chi connectivity index (χ3v) is 7.26. The lowest BCUT2D eigenvalue weighted by atomic mass is 9.78.